The molecule has 0 radical (unpaired) electrons. The quantitative estimate of drug-likeness (QED) is 0.845. The summed E-state index contributed by atoms with van der Waals surface area (Å²) in [7, 11) is 1.87. The number of nitrogens with zero attached hydrogens (tertiary/aromatic N) is 4. The molecule has 0 amide bonds. The number of halogens is 1. The van der Waals surface area contributed by atoms with E-state index in [1.807, 2.05) is 26.2 Å². The van der Waals surface area contributed by atoms with Gasteiger partial charge in [-0.25, -0.2) is 9.97 Å². The van der Waals surface area contributed by atoms with Crippen LogP contribution in [0.4, 0.5) is 11.5 Å². The van der Waals surface area contributed by atoms with Gasteiger partial charge in [-0.1, -0.05) is 0 Å². The first-order valence-electron chi connectivity index (χ1n) is 4.28. The highest BCUT2D eigenvalue weighted by Crippen LogP contribution is 2.12. The molecule has 0 aliphatic carbocycles. The highest BCUT2D eigenvalue weighted by molar-refractivity contribution is 5.85. The van der Waals surface area contributed by atoms with Gasteiger partial charge in [0.15, 0.2) is 0 Å². The van der Waals surface area contributed by atoms with E-state index >= 15 is 0 Å². The van der Waals surface area contributed by atoms with Crippen molar-refractivity contribution in [1.29, 1.82) is 0 Å². The molecule has 0 fully saturated rings. The molecule has 2 rings (SSSR count). The van der Waals surface area contributed by atoms with Gasteiger partial charge in [0.2, 0.25) is 0 Å². The van der Waals surface area contributed by atoms with Gasteiger partial charge in [-0.05, 0) is 6.92 Å². The van der Waals surface area contributed by atoms with E-state index in [2.05, 4.69) is 20.4 Å². The van der Waals surface area contributed by atoms with E-state index in [1.165, 1.54) is 6.33 Å². The van der Waals surface area contributed by atoms with Crippen LogP contribution in [0, 0.1) is 6.92 Å². The molecule has 5 nitrogen and oxygen atoms in total. The molecule has 0 spiro atoms. The largest absolute Gasteiger partial charge is 0.338 e. The van der Waals surface area contributed by atoms with Crippen LogP contribution in [0.25, 0.3) is 0 Å². The van der Waals surface area contributed by atoms with Crippen molar-refractivity contribution in [3.05, 3.63) is 30.5 Å². The van der Waals surface area contributed by atoms with E-state index in [1.54, 1.807) is 10.9 Å². The minimum atomic E-state index is 0. The molecule has 1 N–H and O–H groups in total. The Kier molecular flexibility index (Phi) is 3.62. The maximum absolute atomic E-state index is 4.08. The van der Waals surface area contributed by atoms with Gasteiger partial charge in [-0.2, -0.15) is 5.10 Å². The molecule has 0 unspecified atom stereocenters. The monoisotopic (exact) mass is 225 g/mol. The maximum atomic E-state index is 4.08. The van der Waals surface area contributed by atoms with Crippen LogP contribution in [0.15, 0.2) is 24.8 Å². The Morgan fingerprint density at radius 3 is 2.73 bits per heavy atom. The molecular formula is C9H12ClN5. The van der Waals surface area contributed by atoms with Crippen LogP contribution in [0.3, 0.4) is 0 Å². The molecule has 0 aliphatic heterocycles. The first-order chi connectivity index (χ1) is 6.74. The first-order valence-corrected chi connectivity index (χ1v) is 4.28. The van der Waals surface area contributed by atoms with Crippen molar-refractivity contribution in [2.24, 2.45) is 7.05 Å². The Balaban J connectivity index is 0.00000112. The van der Waals surface area contributed by atoms with Crippen LogP contribution in [0.1, 0.15) is 5.69 Å². The number of anilines is 2. The Hall–Kier alpha value is -1.62. The third-order valence-electron chi connectivity index (χ3n) is 1.78. The van der Waals surface area contributed by atoms with Crippen LogP contribution in [0.5, 0.6) is 0 Å². The second-order valence-corrected chi connectivity index (χ2v) is 3.07. The maximum Gasteiger partial charge on any atom is 0.134 e. The molecule has 0 atom stereocenters. The van der Waals surface area contributed by atoms with Crippen molar-refractivity contribution in [3.8, 4) is 0 Å². The summed E-state index contributed by atoms with van der Waals surface area (Å²) in [6.07, 6.45) is 5.17. The number of hydrogen-bond donors (Lipinski definition) is 1. The molecule has 6 heteroatoms. The van der Waals surface area contributed by atoms with Crippen molar-refractivity contribution in [1.82, 2.24) is 19.7 Å². The summed E-state index contributed by atoms with van der Waals surface area (Å²) in [5.74, 6) is 0.783. The average molecular weight is 226 g/mol. The summed E-state index contributed by atoms with van der Waals surface area (Å²) in [4.78, 5) is 8.10. The minimum absolute atomic E-state index is 0. The Morgan fingerprint density at radius 2 is 2.13 bits per heavy atom. The topological polar surface area (TPSA) is 55.6 Å². The number of rotatable bonds is 2. The van der Waals surface area contributed by atoms with E-state index in [0.717, 1.165) is 17.2 Å². The zero-order valence-corrected chi connectivity index (χ0v) is 9.32. The van der Waals surface area contributed by atoms with E-state index in [4.69, 9.17) is 0 Å². The molecular weight excluding hydrogens is 214 g/mol. The van der Waals surface area contributed by atoms with Gasteiger partial charge in [-0.3, -0.25) is 4.68 Å². The van der Waals surface area contributed by atoms with Gasteiger partial charge in [-0.15, -0.1) is 12.4 Å². The summed E-state index contributed by atoms with van der Waals surface area (Å²) >= 11 is 0. The van der Waals surface area contributed by atoms with Gasteiger partial charge >= 0.3 is 0 Å². The highest BCUT2D eigenvalue weighted by atomic mass is 35.5. The molecule has 2 aromatic rings. The first kappa shape index (κ1) is 11.5. The predicted molar refractivity (Wildman–Crippen MR) is 60.5 cm³/mol. The second kappa shape index (κ2) is 4.75. The smallest absolute Gasteiger partial charge is 0.134 e. The number of hydrogen-bond acceptors (Lipinski definition) is 4. The number of aromatic nitrogens is 4. The van der Waals surface area contributed by atoms with E-state index in [0.29, 0.717) is 0 Å². The number of aryl methyl sites for hydroxylation is 2. The lowest BCUT2D eigenvalue weighted by Crippen LogP contribution is -1.94. The van der Waals surface area contributed by atoms with Gasteiger partial charge in [0.05, 0.1) is 11.9 Å². The lowest BCUT2D eigenvalue weighted by molar-refractivity contribution is 0.768. The van der Waals surface area contributed by atoms with Crippen molar-refractivity contribution in [3.63, 3.8) is 0 Å². The zero-order chi connectivity index (χ0) is 9.97. The Morgan fingerprint density at radius 1 is 1.33 bits per heavy atom. The fourth-order valence-electron chi connectivity index (χ4n) is 1.16. The molecule has 80 valence electrons. The third kappa shape index (κ3) is 2.92. The van der Waals surface area contributed by atoms with E-state index in [9.17, 15) is 0 Å². The Labute approximate surface area is 94.0 Å². The minimum Gasteiger partial charge on any atom is -0.338 e. The van der Waals surface area contributed by atoms with Gasteiger partial charge in [0, 0.05) is 25.0 Å². The average Bonchev–Trinajstić information content (AvgIpc) is 2.51. The molecule has 15 heavy (non-hydrogen) atoms. The van der Waals surface area contributed by atoms with Gasteiger partial charge in [0.1, 0.15) is 12.1 Å². The molecule has 0 saturated carbocycles. The molecule has 0 bridgehead atoms. The normalized spacial score (nSPS) is 9.47. The SMILES string of the molecule is Cc1cc(Nc2cnn(C)c2)ncn1.Cl. The number of nitrogens with one attached hydrogen (secondary N) is 1. The van der Waals surface area contributed by atoms with Crippen LogP contribution in [0.2, 0.25) is 0 Å². The zero-order valence-electron chi connectivity index (χ0n) is 8.51. The van der Waals surface area contributed by atoms with Crippen molar-refractivity contribution >= 4 is 23.9 Å². The summed E-state index contributed by atoms with van der Waals surface area (Å²) in [6.45, 7) is 1.93. The molecule has 0 aromatic carbocycles. The van der Waals surface area contributed by atoms with Gasteiger partial charge < -0.3 is 5.32 Å². The Bertz CT molecular complexity index is 440. The fraction of sp³-hybridized carbons (Fsp3) is 0.222. The van der Waals surface area contributed by atoms with Crippen LogP contribution >= 0.6 is 12.4 Å². The lowest BCUT2D eigenvalue weighted by atomic mass is 10.4. The predicted octanol–water partition coefficient (Wildman–Crippen LogP) is 1.68. The molecule has 0 saturated heterocycles. The van der Waals surface area contributed by atoms with E-state index < -0.39 is 0 Å². The van der Waals surface area contributed by atoms with Crippen molar-refractivity contribution < 1.29 is 0 Å². The lowest BCUT2D eigenvalue weighted by Gasteiger charge is -2.01. The van der Waals surface area contributed by atoms with Crippen LogP contribution in [-0.4, -0.2) is 19.7 Å². The van der Waals surface area contributed by atoms with Crippen molar-refractivity contribution in [2.75, 3.05) is 5.32 Å². The second-order valence-electron chi connectivity index (χ2n) is 3.07. The van der Waals surface area contributed by atoms with Crippen LogP contribution < -0.4 is 5.32 Å². The third-order valence-corrected chi connectivity index (χ3v) is 1.78. The standard InChI is InChI=1S/C9H11N5.ClH/c1-7-3-9(11-6-10-7)13-8-4-12-14(2)5-8;/h3-6H,1-2H3,(H,10,11,13);1H. The summed E-state index contributed by atoms with van der Waals surface area (Å²) in [6, 6.07) is 1.88. The molecule has 2 heterocycles. The fourth-order valence-corrected chi connectivity index (χ4v) is 1.16. The summed E-state index contributed by atoms with van der Waals surface area (Å²) < 4.78 is 1.73. The molecule has 2 aromatic heterocycles. The van der Waals surface area contributed by atoms with Crippen LogP contribution in [-0.2, 0) is 7.05 Å². The summed E-state index contributed by atoms with van der Waals surface area (Å²) in [5.41, 5.74) is 1.86. The summed E-state index contributed by atoms with van der Waals surface area (Å²) in [5, 5.41) is 7.18. The van der Waals surface area contributed by atoms with Crippen molar-refractivity contribution in [2.45, 2.75) is 6.92 Å². The highest BCUT2D eigenvalue weighted by Gasteiger charge is 1.98. The molecule has 0 aliphatic rings. The van der Waals surface area contributed by atoms with Gasteiger partial charge in [0.25, 0.3) is 0 Å². The van der Waals surface area contributed by atoms with E-state index in [-0.39, 0.29) is 12.4 Å².